The number of primary amides is 1. The first-order valence-electron chi connectivity index (χ1n) is 8.54. The van der Waals surface area contributed by atoms with E-state index in [1.165, 1.54) is 24.8 Å². The maximum absolute atomic E-state index is 12.5. The molecule has 7 heteroatoms. The van der Waals surface area contributed by atoms with Gasteiger partial charge in [-0.15, -0.1) is 0 Å². The number of methoxy groups -OCH3 is 1. The molecule has 144 valence electrons. The van der Waals surface area contributed by atoms with Gasteiger partial charge in [-0.25, -0.2) is 0 Å². The number of amides is 2. The van der Waals surface area contributed by atoms with E-state index >= 15 is 0 Å². The Hall–Kier alpha value is -2.73. The first kappa shape index (κ1) is 20.6. The summed E-state index contributed by atoms with van der Waals surface area (Å²) in [5, 5.41) is 3.11. The van der Waals surface area contributed by atoms with Gasteiger partial charge in [0.25, 0.3) is 11.8 Å². The molecule has 3 N–H and O–H groups in total. The third kappa shape index (κ3) is 6.18. The maximum atomic E-state index is 12.5. The summed E-state index contributed by atoms with van der Waals surface area (Å²) < 4.78 is 10.5. The van der Waals surface area contributed by atoms with Gasteiger partial charge >= 0.3 is 0 Å². The van der Waals surface area contributed by atoms with Gasteiger partial charge in [-0.3, -0.25) is 9.59 Å². The molecule has 0 aliphatic carbocycles. The molecule has 2 aromatic rings. The minimum absolute atomic E-state index is 0.0201. The molecule has 0 fully saturated rings. The van der Waals surface area contributed by atoms with Crippen LogP contribution in [-0.2, 0) is 11.2 Å². The normalized spacial score (nSPS) is 11.5. The molecular weight excluding hydrogens is 368 g/mol. The topological polar surface area (TPSA) is 90.7 Å². The number of carbonyl (C=O) groups excluding carboxylic acids is 2. The van der Waals surface area contributed by atoms with Crippen molar-refractivity contribution >= 4 is 23.4 Å². The standard InChI is InChI=1S/C20H23ClN2O4/c1-13(8-9-14-6-4-3-5-7-14)23-20(25)15-10-16(21)19(17(11-15)26-2)27-12-18(22)24/h3-7,10-11,13H,8-9,12H2,1-2H3,(H2,22,24)(H,23,25). The summed E-state index contributed by atoms with van der Waals surface area (Å²) in [6.07, 6.45) is 1.67. The highest BCUT2D eigenvalue weighted by atomic mass is 35.5. The molecule has 2 aromatic carbocycles. The Balaban J connectivity index is 2.02. The first-order chi connectivity index (χ1) is 12.9. The van der Waals surface area contributed by atoms with E-state index in [0.29, 0.717) is 5.56 Å². The van der Waals surface area contributed by atoms with E-state index in [9.17, 15) is 9.59 Å². The molecule has 0 aliphatic rings. The second-order valence-corrected chi connectivity index (χ2v) is 6.55. The highest BCUT2D eigenvalue weighted by Gasteiger charge is 2.17. The lowest BCUT2D eigenvalue weighted by Crippen LogP contribution is -2.33. The van der Waals surface area contributed by atoms with Crippen LogP contribution in [0.5, 0.6) is 11.5 Å². The predicted molar refractivity (Wildman–Crippen MR) is 104 cm³/mol. The van der Waals surface area contributed by atoms with Crippen molar-refractivity contribution in [2.24, 2.45) is 5.73 Å². The number of hydrogen-bond donors (Lipinski definition) is 2. The fourth-order valence-corrected chi connectivity index (χ4v) is 2.81. The number of benzene rings is 2. The van der Waals surface area contributed by atoms with Gasteiger partial charge in [-0.1, -0.05) is 41.9 Å². The van der Waals surface area contributed by atoms with E-state index < -0.39 is 5.91 Å². The zero-order chi connectivity index (χ0) is 19.8. The van der Waals surface area contributed by atoms with Crippen LogP contribution in [0.15, 0.2) is 42.5 Å². The number of aryl methyl sites for hydroxylation is 1. The predicted octanol–water partition coefficient (Wildman–Crippen LogP) is 2.96. The Kier molecular flexibility index (Phi) is 7.49. The monoisotopic (exact) mass is 390 g/mol. The molecule has 0 spiro atoms. The molecule has 0 aromatic heterocycles. The fraction of sp³-hybridized carbons (Fsp3) is 0.300. The van der Waals surface area contributed by atoms with Crippen molar-refractivity contribution in [1.82, 2.24) is 5.32 Å². The zero-order valence-electron chi connectivity index (χ0n) is 15.3. The molecule has 0 radical (unpaired) electrons. The van der Waals surface area contributed by atoms with Crippen molar-refractivity contribution in [2.45, 2.75) is 25.8 Å². The van der Waals surface area contributed by atoms with Gasteiger partial charge in [0.15, 0.2) is 18.1 Å². The van der Waals surface area contributed by atoms with Gasteiger partial charge in [0.1, 0.15) is 0 Å². The van der Waals surface area contributed by atoms with E-state index in [1.54, 1.807) is 0 Å². The minimum atomic E-state index is -0.637. The van der Waals surface area contributed by atoms with E-state index in [2.05, 4.69) is 17.4 Å². The summed E-state index contributed by atoms with van der Waals surface area (Å²) >= 11 is 6.18. The summed E-state index contributed by atoms with van der Waals surface area (Å²) in [4.78, 5) is 23.4. The van der Waals surface area contributed by atoms with Crippen molar-refractivity contribution in [3.8, 4) is 11.5 Å². The second-order valence-electron chi connectivity index (χ2n) is 6.14. The van der Waals surface area contributed by atoms with Crippen molar-refractivity contribution < 1.29 is 19.1 Å². The van der Waals surface area contributed by atoms with Crippen LogP contribution in [0.1, 0.15) is 29.3 Å². The van der Waals surface area contributed by atoms with Gasteiger partial charge in [-0.2, -0.15) is 0 Å². The molecular formula is C20H23ClN2O4. The molecule has 2 rings (SSSR count). The number of nitrogens with two attached hydrogens (primary N) is 1. The van der Waals surface area contributed by atoms with Crippen LogP contribution in [0, 0.1) is 0 Å². The van der Waals surface area contributed by atoms with Crippen LogP contribution in [-0.4, -0.2) is 31.6 Å². The Morgan fingerprint density at radius 2 is 1.93 bits per heavy atom. The molecule has 0 saturated carbocycles. The molecule has 2 amide bonds. The summed E-state index contributed by atoms with van der Waals surface area (Å²) in [5.41, 5.74) is 6.64. The van der Waals surface area contributed by atoms with Crippen LogP contribution in [0.4, 0.5) is 0 Å². The molecule has 6 nitrogen and oxygen atoms in total. The minimum Gasteiger partial charge on any atom is -0.493 e. The number of halogens is 1. The maximum Gasteiger partial charge on any atom is 0.255 e. The largest absolute Gasteiger partial charge is 0.493 e. The summed E-state index contributed by atoms with van der Waals surface area (Å²) in [7, 11) is 1.42. The fourth-order valence-electron chi connectivity index (χ4n) is 2.54. The van der Waals surface area contributed by atoms with Crippen LogP contribution in [0.3, 0.4) is 0 Å². The number of carbonyl (C=O) groups is 2. The molecule has 0 heterocycles. The van der Waals surface area contributed by atoms with E-state index in [0.717, 1.165) is 12.8 Å². The van der Waals surface area contributed by atoms with Crippen LogP contribution in [0.2, 0.25) is 5.02 Å². The summed E-state index contributed by atoms with van der Waals surface area (Å²) in [6, 6.07) is 13.1. The Morgan fingerprint density at radius 3 is 2.56 bits per heavy atom. The molecule has 0 bridgehead atoms. The SMILES string of the molecule is COc1cc(C(=O)NC(C)CCc2ccccc2)cc(Cl)c1OCC(N)=O. The lowest BCUT2D eigenvalue weighted by Gasteiger charge is -2.16. The smallest absolute Gasteiger partial charge is 0.255 e. The molecule has 27 heavy (non-hydrogen) atoms. The molecule has 0 aliphatic heterocycles. The summed E-state index contributed by atoms with van der Waals surface area (Å²) in [6.45, 7) is 1.61. The van der Waals surface area contributed by atoms with Crippen molar-refractivity contribution in [2.75, 3.05) is 13.7 Å². The van der Waals surface area contributed by atoms with Crippen molar-refractivity contribution in [1.29, 1.82) is 0 Å². The van der Waals surface area contributed by atoms with Crippen LogP contribution in [0.25, 0.3) is 0 Å². The van der Waals surface area contributed by atoms with E-state index in [-0.39, 0.29) is 35.1 Å². The van der Waals surface area contributed by atoms with E-state index in [1.807, 2.05) is 25.1 Å². The van der Waals surface area contributed by atoms with Gasteiger partial charge in [0.2, 0.25) is 0 Å². The van der Waals surface area contributed by atoms with Gasteiger partial charge < -0.3 is 20.5 Å². The van der Waals surface area contributed by atoms with Crippen LogP contribution >= 0.6 is 11.6 Å². The second kappa shape index (κ2) is 9.83. The number of rotatable bonds is 9. The Labute approximate surface area is 163 Å². The van der Waals surface area contributed by atoms with E-state index in [4.69, 9.17) is 26.8 Å². The van der Waals surface area contributed by atoms with Crippen LogP contribution < -0.4 is 20.5 Å². The lowest BCUT2D eigenvalue weighted by atomic mass is 10.1. The van der Waals surface area contributed by atoms with Gasteiger partial charge in [0.05, 0.1) is 12.1 Å². The molecule has 1 unspecified atom stereocenters. The van der Waals surface area contributed by atoms with Gasteiger partial charge in [-0.05, 0) is 37.5 Å². The number of nitrogens with one attached hydrogen (secondary N) is 1. The lowest BCUT2D eigenvalue weighted by molar-refractivity contribution is -0.119. The third-order valence-electron chi connectivity index (χ3n) is 3.94. The average Bonchev–Trinajstić information content (AvgIpc) is 2.65. The van der Waals surface area contributed by atoms with Gasteiger partial charge in [0, 0.05) is 11.6 Å². The zero-order valence-corrected chi connectivity index (χ0v) is 16.1. The number of ether oxygens (including phenoxy) is 2. The van der Waals surface area contributed by atoms with Crippen molar-refractivity contribution in [3.05, 3.63) is 58.6 Å². The third-order valence-corrected chi connectivity index (χ3v) is 4.22. The first-order valence-corrected chi connectivity index (χ1v) is 8.92. The average molecular weight is 391 g/mol. The number of hydrogen-bond acceptors (Lipinski definition) is 4. The summed E-state index contributed by atoms with van der Waals surface area (Å²) in [5.74, 6) is -0.475. The Morgan fingerprint density at radius 1 is 1.22 bits per heavy atom. The highest BCUT2D eigenvalue weighted by Crippen LogP contribution is 2.36. The highest BCUT2D eigenvalue weighted by molar-refractivity contribution is 6.32. The Bertz CT molecular complexity index is 796. The van der Waals surface area contributed by atoms with Crippen molar-refractivity contribution in [3.63, 3.8) is 0 Å². The quantitative estimate of drug-likeness (QED) is 0.688. The molecule has 0 saturated heterocycles. The molecule has 1 atom stereocenters.